The molecule has 0 atom stereocenters. The van der Waals surface area contributed by atoms with Crippen LogP contribution in [0.25, 0.3) is 0 Å². The Morgan fingerprint density at radius 1 is 1.45 bits per heavy atom. The molecule has 0 aliphatic carbocycles. The van der Waals surface area contributed by atoms with E-state index in [1.54, 1.807) is 12.3 Å². The van der Waals surface area contributed by atoms with E-state index in [-0.39, 0.29) is 0 Å². The van der Waals surface area contributed by atoms with Crippen LogP contribution >= 0.6 is 15.9 Å². The Labute approximate surface area is 74.8 Å². The lowest BCUT2D eigenvalue weighted by Crippen LogP contribution is -1.79. The van der Waals surface area contributed by atoms with Crippen molar-refractivity contribution in [3.63, 3.8) is 0 Å². The summed E-state index contributed by atoms with van der Waals surface area (Å²) in [5, 5.41) is 0. The zero-order chi connectivity index (χ0) is 8.69. The van der Waals surface area contributed by atoms with Gasteiger partial charge < -0.3 is 0 Å². The molecule has 2 nitrogen and oxygen atoms in total. The second kappa shape index (κ2) is 6.04. The van der Waals surface area contributed by atoms with Gasteiger partial charge >= 0.3 is 0 Å². The van der Waals surface area contributed by atoms with Crippen molar-refractivity contribution in [3.05, 3.63) is 28.5 Å². The maximum absolute atomic E-state index is 10.1. The van der Waals surface area contributed by atoms with Crippen molar-refractivity contribution in [1.29, 1.82) is 0 Å². The molecule has 0 N–H and O–H groups in total. The van der Waals surface area contributed by atoms with Crippen molar-refractivity contribution < 1.29 is 4.79 Å². The Morgan fingerprint density at radius 3 is 2.45 bits per heavy atom. The highest BCUT2D eigenvalue weighted by atomic mass is 79.9. The van der Waals surface area contributed by atoms with Crippen molar-refractivity contribution in [3.8, 4) is 0 Å². The lowest BCUT2D eigenvalue weighted by atomic mass is 10.3. The number of halogens is 1. The van der Waals surface area contributed by atoms with E-state index in [1.807, 2.05) is 13.8 Å². The topological polar surface area (TPSA) is 30.0 Å². The van der Waals surface area contributed by atoms with E-state index in [9.17, 15) is 4.79 Å². The summed E-state index contributed by atoms with van der Waals surface area (Å²) in [7, 11) is 0. The Kier molecular flexibility index (Phi) is 5.65. The normalized spacial score (nSPS) is 7.91. The van der Waals surface area contributed by atoms with Gasteiger partial charge in [-0.15, -0.1) is 0 Å². The summed E-state index contributed by atoms with van der Waals surface area (Å²) in [5.74, 6) is 0. The summed E-state index contributed by atoms with van der Waals surface area (Å²) in [6, 6.07) is 1.71. The summed E-state index contributed by atoms with van der Waals surface area (Å²) < 4.78 is 0.826. The molecule has 1 rings (SSSR count). The first kappa shape index (κ1) is 10.3. The Bertz CT molecular complexity index is 225. The van der Waals surface area contributed by atoms with Crippen molar-refractivity contribution in [2.24, 2.45) is 0 Å². The molecule has 3 heteroatoms. The number of carbonyl (C=O) groups excluding carboxylic acids is 1. The second-order valence-electron chi connectivity index (χ2n) is 1.55. The van der Waals surface area contributed by atoms with Crippen LogP contribution in [0.3, 0.4) is 0 Å². The fraction of sp³-hybridized carbons (Fsp3) is 0.250. The van der Waals surface area contributed by atoms with E-state index in [0.29, 0.717) is 5.56 Å². The van der Waals surface area contributed by atoms with Gasteiger partial charge in [0.25, 0.3) is 0 Å². The van der Waals surface area contributed by atoms with Gasteiger partial charge in [0.15, 0.2) is 6.29 Å². The summed E-state index contributed by atoms with van der Waals surface area (Å²) in [5.41, 5.74) is 0.587. The van der Waals surface area contributed by atoms with E-state index in [0.717, 1.165) is 10.8 Å². The fourth-order valence-corrected chi connectivity index (χ4v) is 0.875. The van der Waals surface area contributed by atoms with Crippen LogP contribution in [-0.2, 0) is 0 Å². The van der Waals surface area contributed by atoms with Crippen molar-refractivity contribution in [2.75, 3.05) is 0 Å². The van der Waals surface area contributed by atoms with E-state index < -0.39 is 0 Å². The molecule has 0 amide bonds. The molecule has 0 saturated heterocycles. The maximum Gasteiger partial charge on any atom is 0.151 e. The number of carbonyl (C=O) groups is 1. The Balaban J connectivity index is 0.000000461. The predicted molar refractivity (Wildman–Crippen MR) is 48.7 cm³/mol. The van der Waals surface area contributed by atoms with Crippen LogP contribution in [0.4, 0.5) is 0 Å². The first-order valence-corrected chi connectivity index (χ1v) is 4.18. The largest absolute Gasteiger partial charge is 0.298 e. The number of hydrogen-bond acceptors (Lipinski definition) is 2. The quantitative estimate of drug-likeness (QED) is 0.675. The van der Waals surface area contributed by atoms with Crippen molar-refractivity contribution in [2.45, 2.75) is 13.8 Å². The average Bonchev–Trinajstić information content (AvgIpc) is 2.08. The predicted octanol–water partition coefficient (Wildman–Crippen LogP) is 2.68. The van der Waals surface area contributed by atoms with Crippen molar-refractivity contribution >= 4 is 22.2 Å². The minimum atomic E-state index is 0.587. The lowest BCUT2D eigenvalue weighted by Gasteiger charge is -1.87. The van der Waals surface area contributed by atoms with Gasteiger partial charge in [0.2, 0.25) is 0 Å². The third-order valence-corrected chi connectivity index (χ3v) is 1.30. The standard InChI is InChI=1S/C6H4BrNO.C2H6/c7-6-1-5(4-9)2-8-3-6;1-2/h1-4H;1-2H3. The Morgan fingerprint density at radius 2 is 2.09 bits per heavy atom. The number of hydrogen-bond donors (Lipinski definition) is 0. The van der Waals surface area contributed by atoms with Crippen molar-refractivity contribution in [1.82, 2.24) is 4.98 Å². The summed E-state index contributed by atoms with van der Waals surface area (Å²) in [4.78, 5) is 13.9. The minimum Gasteiger partial charge on any atom is -0.298 e. The first-order chi connectivity index (χ1) is 5.33. The molecule has 0 saturated carbocycles. The third-order valence-electron chi connectivity index (χ3n) is 0.862. The van der Waals surface area contributed by atoms with Gasteiger partial charge in [-0.2, -0.15) is 0 Å². The molecular weight excluding hydrogens is 206 g/mol. The lowest BCUT2D eigenvalue weighted by molar-refractivity contribution is 0.112. The fourth-order valence-electron chi connectivity index (χ4n) is 0.493. The SMILES string of the molecule is CC.O=Cc1cncc(Br)c1. The van der Waals surface area contributed by atoms with Gasteiger partial charge in [-0.3, -0.25) is 9.78 Å². The molecule has 1 aromatic heterocycles. The van der Waals surface area contributed by atoms with Crippen LogP contribution in [0.5, 0.6) is 0 Å². The summed E-state index contributed by atoms with van der Waals surface area (Å²) >= 11 is 3.18. The van der Waals surface area contributed by atoms with Crippen LogP contribution in [0.2, 0.25) is 0 Å². The highest BCUT2D eigenvalue weighted by molar-refractivity contribution is 9.10. The molecule has 11 heavy (non-hydrogen) atoms. The number of aromatic nitrogens is 1. The van der Waals surface area contributed by atoms with Gasteiger partial charge in [-0.05, 0) is 22.0 Å². The Hall–Kier alpha value is -0.700. The minimum absolute atomic E-state index is 0.587. The number of pyridine rings is 1. The molecule has 1 aromatic rings. The molecule has 0 bridgehead atoms. The van der Waals surface area contributed by atoms with Gasteiger partial charge in [0, 0.05) is 22.4 Å². The van der Waals surface area contributed by atoms with Gasteiger partial charge in [0.1, 0.15) is 0 Å². The molecule has 1 heterocycles. The highest BCUT2D eigenvalue weighted by Gasteiger charge is 1.88. The molecule has 0 radical (unpaired) electrons. The number of rotatable bonds is 1. The molecule has 0 spiro atoms. The third kappa shape index (κ3) is 3.88. The monoisotopic (exact) mass is 215 g/mol. The zero-order valence-electron chi connectivity index (χ0n) is 6.54. The molecule has 0 aliphatic rings. The molecule has 0 fully saturated rings. The van der Waals surface area contributed by atoms with Gasteiger partial charge in [-0.1, -0.05) is 13.8 Å². The maximum atomic E-state index is 10.1. The van der Waals surface area contributed by atoms with Crippen LogP contribution in [0.15, 0.2) is 22.9 Å². The van der Waals surface area contributed by atoms with E-state index >= 15 is 0 Å². The molecule has 60 valence electrons. The van der Waals surface area contributed by atoms with E-state index in [2.05, 4.69) is 20.9 Å². The second-order valence-corrected chi connectivity index (χ2v) is 2.47. The summed E-state index contributed by atoms with van der Waals surface area (Å²) in [6.07, 6.45) is 3.91. The van der Waals surface area contributed by atoms with Crippen LogP contribution in [-0.4, -0.2) is 11.3 Å². The van der Waals surface area contributed by atoms with Gasteiger partial charge in [0.05, 0.1) is 0 Å². The van der Waals surface area contributed by atoms with Crippen LogP contribution < -0.4 is 0 Å². The molecular formula is C8H10BrNO. The van der Waals surface area contributed by atoms with Gasteiger partial charge in [-0.25, -0.2) is 0 Å². The highest BCUT2D eigenvalue weighted by Crippen LogP contribution is 2.07. The number of aldehydes is 1. The smallest absolute Gasteiger partial charge is 0.151 e. The average molecular weight is 216 g/mol. The molecule has 0 aromatic carbocycles. The zero-order valence-corrected chi connectivity index (χ0v) is 8.13. The van der Waals surface area contributed by atoms with Crippen LogP contribution in [0, 0.1) is 0 Å². The van der Waals surface area contributed by atoms with Crippen LogP contribution in [0.1, 0.15) is 24.2 Å². The summed E-state index contributed by atoms with van der Waals surface area (Å²) in [6.45, 7) is 4.00. The van der Waals surface area contributed by atoms with E-state index in [1.165, 1.54) is 6.20 Å². The molecule has 0 aliphatic heterocycles. The van der Waals surface area contributed by atoms with E-state index in [4.69, 9.17) is 0 Å². The number of nitrogens with zero attached hydrogens (tertiary/aromatic N) is 1. The molecule has 0 unspecified atom stereocenters. The first-order valence-electron chi connectivity index (χ1n) is 3.38.